The molecule has 0 aliphatic carbocycles. The highest BCUT2D eigenvalue weighted by molar-refractivity contribution is 5.40. The molecular formula is C36H38N2O4. The lowest BCUT2D eigenvalue weighted by atomic mass is 10.0. The van der Waals surface area contributed by atoms with Gasteiger partial charge in [-0.3, -0.25) is 0 Å². The molecule has 0 bridgehead atoms. The average molecular weight is 563 g/mol. The van der Waals surface area contributed by atoms with Gasteiger partial charge in [-0.25, -0.2) is 4.68 Å². The minimum atomic E-state index is -0.954. The van der Waals surface area contributed by atoms with E-state index < -0.39 is 18.3 Å². The van der Waals surface area contributed by atoms with Crippen LogP contribution in [-0.2, 0) is 40.5 Å². The van der Waals surface area contributed by atoms with Gasteiger partial charge in [-0.05, 0) is 34.7 Å². The Balaban J connectivity index is 1.42. The van der Waals surface area contributed by atoms with Crippen molar-refractivity contribution in [1.29, 1.82) is 0 Å². The molecular weight excluding hydrogens is 524 g/mol. The van der Waals surface area contributed by atoms with E-state index in [9.17, 15) is 5.11 Å². The number of para-hydroxylation sites is 1. The molecule has 0 saturated carbocycles. The zero-order valence-corrected chi connectivity index (χ0v) is 24.0. The predicted molar refractivity (Wildman–Crippen MR) is 164 cm³/mol. The quantitative estimate of drug-likeness (QED) is 0.151. The van der Waals surface area contributed by atoms with Gasteiger partial charge in [0.15, 0.2) is 0 Å². The molecule has 4 aromatic carbocycles. The largest absolute Gasteiger partial charge is 0.388 e. The molecule has 216 valence electrons. The molecule has 0 amide bonds. The van der Waals surface area contributed by atoms with E-state index >= 15 is 0 Å². The number of hydrogen-bond donors (Lipinski definition) is 1. The normalized spacial score (nSPS) is 13.5. The number of aliphatic hydroxyl groups is 1. The Bertz CT molecular complexity index is 1470. The third kappa shape index (κ3) is 8.02. The summed E-state index contributed by atoms with van der Waals surface area (Å²) < 4.78 is 20.9. The lowest BCUT2D eigenvalue weighted by molar-refractivity contribution is -0.149. The van der Waals surface area contributed by atoms with E-state index in [-0.39, 0.29) is 6.61 Å². The average Bonchev–Trinajstić information content (AvgIpc) is 3.54. The maximum atomic E-state index is 11.5. The SMILES string of the molecule is CCc1ccccc1-n1cc([C@@H](OCc2ccccc2)[C@H](OCc2ccccc2)[C@H](O)COCc2ccccc2)cn1. The van der Waals surface area contributed by atoms with Crippen LogP contribution < -0.4 is 0 Å². The van der Waals surface area contributed by atoms with Crippen LogP contribution in [0.15, 0.2) is 128 Å². The van der Waals surface area contributed by atoms with Crippen molar-refractivity contribution in [3.8, 4) is 5.69 Å². The first-order chi connectivity index (χ1) is 20.7. The fourth-order valence-corrected chi connectivity index (χ4v) is 4.92. The molecule has 5 aromatic rings. The maximum Gasteiger partial charge on any atom is 0.116 e. The van der Waals surface area contributed by atoms with Crippen molar-refractivity contribution in [3.05, 3.63) is 155 Å². The second-order valence-electron chi connectivity index (χ2n) is 10.2. The van der Waals surface area contributed by atoms with Gasteiger partial charge in [0, 0.05) is 11.8 Å². The number of benzene rings is 4. The van der Waals surface area contributed by atoms with Gasteiger partial charge < -0.3 is 19.3 Å². The van der Waals surface area contributed by atoms with Crippen molar-refractivity contribution in [2.24, 2.45) is 0 Å². The molecule has 1 aromatic heterocycles. The minimum Gasteiger partial charge on any atom is -0.388 e. The Morgan fingerprint density at radius 3 is 1.86 bits per heavy atom. The first kappa shape index (κ1) is 29.4. The first-order valence-corrected chi connectivity index (χ1v) is 14.4. The fraction of sp³-hybridized carbons (Fsp3) is 0.250. The van der Waals surface area contributed by atoms with Gasteiger partial charge in [-0.15, -0.1) is 0 Å². The Labute approximate surface area is 248 Å². The zero-order valence-electron chi connectivity index (χ0n) is 24.0. The Hall–Kier alpha value is -4.07. The summed E-state index contributed by atoms with van der Waals surface area (Å²) in [7, 11) is 0. The summed E-state index contributed by atoms with van der Waals surface area (Å²) in [6.45, 7) is 3.29. The molecule has 0 fully saturated rings. The van der Waals surface area contributed by atoms with Gasteiger partial charge in [0.05, 0.1) is 38.3 Å². The first-order valence-electron chi connectivity index (χ1n) is 14.4. The highest BCUT2D eigenvalue weighted by Crippen LogP contribution is 2.29. The van der Waals surface area contributed by atoms with Crippen LogP contribution in [0, 0.1) is 0 Å². The third-order valence-electron chi connectivity index (χ3n) is 7.19. The van der Waals surface area contributed by atoms with Crippen LogP contribution in [0.3, 0.4) is 0 Å². The van der Waals surface area contributed by atoms with Gasteiger partial charge >= 0.3 is 0 Å². The number of aromatic nitrogens is 2. The highest BCUT2D eigenvalue weighted by Gasteiger charge is 2.33. The van der Waals surface area contributed by atoms with Crippen LogP contribution in [0.4, 0.5) is 0 Å². The summed E-state index contributed by atoms with van der Waals surface area (Å²) in [6, 6.07) is 38.1. The van der Waals surface area contributed by atoms with Crippen LogP contribution in [0.25, 0.3) is 5.69 Å². The van der Waals surface area contributed by atoms with E-state index in [0.717, 1.165) is 34.4 Å². The van der Waals surface area contributed by atoms with Gasteiger partial charge in [-0.1, -0.05) is 116 Å². The Kier molecular flexibility index (Phi) is 10.7. The number of nitrogens with zero attached hydrogens (tertiary/aromatic N) is 2. The van der Waals surface area contributed by atoms with Crippen LogP contribution in [-0.4, -0.2) is 33.7 Å². The molecule has 6 heteroatoms. The summed E-state index contributed by atoms with van der Waals surface area (Å²) >= 11 is 0. The number of aliphatic hydroxyl groups excluding tert-OH is 1. The molecule has 0 spiro atoms. The topological polar surface area (TPSA) is 65.7 Å². The standard InChI is InChI=1S/C36H38N2O4/c1-2-31-20-12-13-21-33(31)38-23-32(22-37-38)35(41-25-29-16-8-4-9-17-29)36(42-26-30-18-10-5-11-19-30)34(39)27-40-24-28-14-6-3-7-15-28/h3-23,34-36,39H,2,24-27H2,1H3/t34-,35-,36-/m1/s1. The second-order valence-corrected chi connectivity index (χ2v) is 10.2. The van der Waals surface area contributed by atoms with E-state index in [1.54, 1.807) is 6.20 Å². The molecule has 0 unspecified atom stereocenters. The highest BCUT2D eigenvalue weighted by atomic mass is 16.6. The van der Waals surface area contributed by atoms with Gasteiger partial charge in [0.2, 0.25) is 0 Å². The van der Waals surface area contributed by atoms with Crippen LogP contribution >= 0.6 is 0 Å². The summed E-state index contributed by atoms with van der Waals surface area (Å²) in [4.78, 5) is 0. The molecule has 0 saturated heterocycles. The molecule has 0 aliphatic rings. The van der Waals surface area contributed by atoms with Crippen molar-refractivity contribution < 1.29 is 19.3 Å². The molecule has 1 N–H and O–H groups in total. The molecule has 5 rings (SSSR count). The van der Waals surface area contributed by atoms with Gasteiger partial charge in [-0.2, -0.15) is 5.10 Å². The zero-order chi connectivity index (χ0) is 29.0. The smallest absolute Gasteiger partial charge is 0.116 e. The lowest BCUT2D eigenvalue weighted by Crippen LogP contribution is -2.39. The molecule has 0 radical (unpaired) electrons. The van der Waals surface area contributed by atoms with Crippen molar-refractivity contribution >= 4 is 0 Å². The Morgan fingerprint density at radius 1 is 0.690 bits per heavy atom. The van der Waals surface area contributed by atoms with Crippen LogP contribution in [0.5, 0.6) is 0 Å². The lowest BCUT2D eigenvalue weighted by Gasteiger charge is -2.31. The van der Waals surface area contributed by atoms with Gasteiger partial charge in [0.1, 0.15) is 18.3 Å². The van der Waals surface area contributed by atoms with E-state index in [1.807, 2.05) is 114 Å². The predicted octanol–water partition coefficient (Wildman–Crippen LogP) is 6.86. The number of rotatable bonds is 15. The van der Waals surface area contributed by atoms with E-state index in [2.05, 4.69) is 19.1 Å². The Morgan fingerprint density at radius 2 is 1.24 bits per heavy atom. The molecule has 42 heavy (non-hydrogen) atoms. The van der Waals surface area contributed by atoms with Crippen LogP contribution in [0.1, 0.15) is 40.8 Å². The van der Waals surface area contributed by atoms with Gasteiger partial charge in [0.25, 0.3) is 0 Å². The van der Waals surface area contributed by atoms with Crippen molar-refractivity contribution in [2.75, 3.05) is 6.61 Å². The van der Waals surface area contributed by atoms with Crippen molar-refractivity contribution in [3.63, 3.8) is 0 Å². The molecule has 3 atom stereocenters. The second kappa shape index (κ2) is 15.2. The number of aryl methyl sites for hydroxylation is 1. The minimum absolute atomic E-state index is 0.0896. The van der Waals surface area contributed by atoms with E-state index in [0.29, 0.717) is 19.8 Å². The molecule has 6 nitrogen and oxygen atoms in total. The number of ether oxygens (including phenoxy) is 3. The summed E-state index contributed by atoms with van der Waals surface area (Å²) in [5.41, 5.74) is 6.11. The summed E-state index contributed by atoms with van der Waals surface area (Å²) in [5.74, 6) is 0. The van der Waals surface area contributed by atoms with Crippen molar-refractivity contribution in [1.82, 2.24) is 9.78 Å². The maximum absolute atomic E-state index is 11.5. The number of hydrogen-bond acceptors (Lipinski definition) is 5. The molecule has 0 aliphatic heterocycles. The fourth-order valence-electron chi connectivity index (χ4n) is 4.92. The van der Waals surface area contributed by atoms with E-state index in [4.69, 9.17) is 19.3 Å². The third-order valence-corrected chi connectivity index (χ3v) is 7.19. The summed E-state index contributed by atoms with van der Waals surface area (Å²) in [6.07, 6.45) is 2.39. The van der Waals surface area contributed by atoms with Crippen molar-refractivity contribution in [2.45, 2.75) is 51.5 Å². The van der Waals surface area contributed by atoms with Crippen LogP contribution in [0.2, 0.25) is 0 Å². The monoisotopic (exact) mass is 562 g/mol. The van der Waals surface area contributed by atoms with E-state index in [1.165, 1.54) is 5.56 Å². The molecule has 1 heterocycles. The summed E-state index contributed by atoms with van der Waals surface area (Å²) in [5, 5.41) is 16.2.